The van der Waals surface area contributed by atoms with Gasteiger partial charge in [-0.3, -0.25) is 4.79 Å². The fraction of sp³-hybridized carbons (Fsp3) is 0.300. The fourth-order valence-electron chi connectivity index (χ4n) is 1.13. The molecule has 1 aromatic carbocycles. The Morgan fingerprint density at radius 3 is 2.29 bits per heavy atom. The van der Waals surface area contributed by atoms with Gasteiger partial charge in [0.25, 0.3) is 2.21 Å². The highest BCUT2D eigenvalue weighted by Crippen LogP contribution is 2.35. The highest BCUT2D eigenvalue weighted by Gasteiger charge is 2.45. The lowest BCUT2D eigenvalue weighted by Crippen LogP contribution is -2.36. The van der Waals surface area contributed by atoms with Gasteiger partial charge in [0.05, 0.1) is 5.75 Å². The van der Waals surface area contributed by atoms with Crippen LogP contribution in [0.15, 0.2) is 24.3 Å². The third-order valence-corrected chi connectivity index (χ3v) is 7.31. The van der Waals surface area contributed by atoms with Crippen LogP contribution in [0, 0.1) is 0 Å². The molecule has 1 rings (SSSR count). The van der Waals surface area contributed by atoms with Gasteiger partial charge >= 0.3 is 0 Å². The van der Waals surface area contributed by atoms with Crippen LogP contribution in [0.3, 0.4) is 0 Å². The van der Waals surface area contributed by atoms with Gasteiger partial charge in [-0.05, 0) is 46.9 Å². The standard InChI is InChI=1S/C10H11ClINO3S/c1-2-17(15,16)10(11,12)9(14)7-3-5-8(13)6-4-7/h3-6H,2,13H2,1H3/t10-/m1/s1. The fourth-order valence-corrected chi connectivity index (χ4v) is 3.57. The van der Waals surface area contributed by atoms with E-state index in [1.165, 1.54) is 53.8 Å². The maximum atomic E-state index is 12.0. The highest BCUT2D eigenvalue weighted by atomic mass is 127. The molecule has 1 aromatic rings. The van der Waals surface area contributed by atoms with Gasteiger partial charge in [-0.2, -0.15) is 0 Å². The molecule has 0 heterocycles. The molecule has 17 heavy (non-hydrogen) atoms. The largest absolute Gasteiger partial charge is 0.399 e. The van der Waals surface area contributed by atoms with Gasteiger partial charge in [-0.25, -0.2) is 8.42 Å². The topological polar surface area (TPSA) is 77.2 Å². The first-order chi connectivity index (χ1) is 7.72. The minimum atomic E-state index is -3.68. The number of hydrogen-bond acceptors (Lipinski definition) is 4. The zero-order chi connectivity index (χ0) is 13.3. The van der Waals surface area contributed by atoms with E-state index in [2.05, 4.69) is 0 Å². The van der Waals surface area contributed by atoms with Crippen molar-refractivity contribution < 1.29 is 13.2 Å². The number of sulfone groups is 1. The quantitative estimate of drug-likeness (QED) is 0.372. The molecule has 0 radical (unpaired) electrons. The number of hydrogen-bond donors (Lipinski definition) is 1. The number of benzene rings is 1. The van der Waals surface area contributed by atoms with Crippen LogP contribution in [0.2, 0.25) is 0 Å². The Hall–Kier alpha value is -0.340. The van der Waals surface area contributed by atoms with Gasteiger partial charge in [0.15, 0.2) is 9.84 Å². The minimum absolute atomic E-state index is 0.194. The number of rotatable bonds is 4. The molecule has 0 bridgehead atoms. The maximum Gasteiger partial charge on any atom is 0.257 e. The normalized spacial score (nSPS) is 15.2. The van der Waals surface area contributed by atoms with E-state index in [0.29, 0.717) is 5.69 Å². The van der Waals surface area contributed by atoms with Crippen molar-refractivity contribution in [3.05, 3.63) is 29.8 Å². The van der Waals surface area contributed by atoms with Crippen molar-refractivity contribution in [2.24, 2.45) is 0 Å². The van der Waals surface area contributed by atoms with E-state index >= 15 is 0 Å². The number of anilines is 1. The Morgan fingerprint density at radius 1 is 1.41 bits per heavy atom. The number of carbonyl (C=O) groups excluding carboxylic acids is 1. The van der Waals surface area contributed by atoms with Gasteiger partial charge in [-0.1, -0.05) is 18.5 Å². The van der Waals surface area contributed by atoms with Crippen LogP contribution in [0.5, 0.6) is 0 Å². The van der Waals surface area contributed by atoms with E-state index in [1.54, 1.807) is 0 Å². The third kappa shape index (κ3) is 2.92. The van der Waals surface area contributed by atoms with Gasteiger partial charge < -0.3 is 5.73 Å². The summed E-state index contributed by atoms with van der Waals surface area (Å²) < 4.78 is 21.5. The SMILES string of the molecule is CCS(=O)(=O)[C@](Cl)(I)C(=O)c1ccc(N)cc1. The first-order valence-corrected chi connectivity index (χ1v) is 7.83. The summed E-state index contributed by atoms with van der Waals surface area (Å²) in [6, 6.07) is 5.96. The summed E-state index contributed by atoms with van der Waals surface area (Å²) in [7, 11) is -3.68. The molecule has 0 aromatic heterocycles. The molecule has 1 atom stereocenters. The van der Waals surface area contributed by atoms with E-state index < -0.39 is 17.8 Å². The van der Waals surface area contributed by atoms with Crippen molar-refractivity contribution in [3.8, 4) is 0 Å². The summed E-state index contributed by atoms with van der Waals surface area (Å²) in [5.74, 6) is -0.846. The molecule has 2 N–H and O–H groups in total. The van der Waals surface area contributed by atoms with Crippen LogP contribution in [-0.2, 0) is 9.84 Å². The number of Topliss-reactive ketones (excluding diaryl/α,β-unsaturated/α-hetero) is 1. The lowest BCUT2D eigenvalue weighted by molar-refractivity contribution is 0.100. The second-order valence-corrected chi connectivity index (χ2v) is 9.57. The minimum Gasteiger partial charge on any atom is -0.399 e. The van der Waals surface area contributed by atoms with Crippen LogP contribution in [0.1, 0.15) is 17.3 Å². The Kier molecular flexibility index (Phi) is 4.43. The molecule has 0 saturated heterocycles. The summed E-state index contributed by atoms with van der Waals surface area (Å²) >= 11 is 7.32. The van der Waals surface area contributed by atoms with E-state index in [4.69, 9.17) is 17.3 Å². The second kappa shape index (κ2) is 5.11. The number of halogens is 2. The molecule has 0 aliphatic carbocycles. The van der Waals surface area contributed by atoms with Crippen LogP contribution in [0.4, 0.5) is 5.69 Å². The zero-order valence-corrected chi connectivity index (χ0v) is 12.7. The average Bonchev–Trinajstić information content (AvgIpc) is 2.28. The molecule has 94 valence electrons. The van der Waals surface area contributed by atoms with Crippen molar-refractivity contribution >= 4 is 55.5 Å². The van der Waals surface area contributed by atoms with Gasteiger partial charge in [0.1, 0.15) is 0 Å². The van der Waals surface area contributed by atoms with E-state index in [-0.39, 0.29) is 11.3 Å². The van der Waals surface area contributed by atoms with E-state index in [1.807, 2.05) is 0 Å². The summed E-state index contributed by atoms with van der Waals surface area (Å²) in [4.78, 5) is 12.0. The molecule has 0 unspecified atom stereocenters. The van der Waals surface area contributed by atoms with Crippen molar-refractivity contribution in [2.75, 3.05) is 11.5 Å². The Balaban J connectivity index is 3.18. The molecule has 0 saturated carbocycles. The predicted molar refractivity (Wildman–Crippen MR) is 77.2 cm³/mol. The average molecular weight is 388 g/mol. The summed E-state index contributed by atoms with van der Waals surface area (Å²) in [5, 5.41) is 0. The predicted octanol–water partition coefficient (Wildman–Crippen LogP) is 2.21. The van der Waals surface area contributed by atoms with Crippen molar-refractivity contribution in [3.63, 3.8) is 0 Å². The summed E-state index contributed by atoms with van der Waals surface area (Å²) in [6.45, 7) is 1.45. The Labute approximate surface area is 119 Å². The van der Waals surface area contributed by atoms with Crippen LogP contribution < -0.4 is 5.73 Å². The van der Waals surface area contributed by atoms with Crippen molar-refractivity contribution in [2.45, 2.75) is 9.14 Å². The van der Waals surface area contributed by atoms with Crippen molar-refractivity contribution in [1.29, 1.82) is 0 Å². The van der Waals surface area contributed by atoms with Crippen LogP contribution in [0.25, 0.3) is 0 Å². The molecule has 0 spiro atoms. The van der Waals surface area contributed by atoms with Gasteiger partial charge in [0, 0.05) is 11.3 Å². The first-order valence-electron chi connectivity index (χ1n) is 4.73. The Bertz CT molecular complexity index is 525. The zero-order valence-electron chi connectivity index (χ0n) is 8.98. The molecule has 0 amide bonds. The molecule has 7 heteroatoms. The van der Waals surface area contributed by atoms with Crippen LogP contribution >= 0.6 is 34.2 Å². The Morgan fingerprint density at radius 2 is 1.88 bits per heavy atom. The van der Waals surface area contributed by atoms with E-state index in [0.717, 1.165) is 0 Å². The second-order valence-electron chi connectivity index (χ2n) is 3.37. The number of carbonyl (C=O) groups is 1. The number of ketones is 1. The molecule has 0 aliphatic heterocycles. The molecule has 4 nitrogen and oxygen atoms in total. The maximum absolute atomic E-state index is 12.0. The van der Waals surface area contributed by atoms with Gasteiger partial charge in [0.2, 0.25) is 5.78 Å². The molecular formula is C10H11ClINO3S. The lowest BCUT2D eigenvalue weighted by atomic mass is 10.1. The number of alkyl halides is 2. The lowest BCUT2D eigenvalue weighted by Gasteiger charge is -2.18. The number of nitrogen functional groups attached to an aromatic ring is 1. The van der Waals surface area contributed by atoms with Crippen LogP contribution in [-0.4, -0.2) is 22.2 Å². The molecule has 0 aliphatic rings. The monoisotopic (exact) mass is 387 g/mol. The van der Waals surface area contributed by atoms with E-state index in [9.17, 15) is 13.2 Å². The van der Waals surface area contributed by atoms with Crippen molar-refractivity contribution in [1.82, 2.24) is 0 Å². The third-order valence-electron chi connectivity index (χ3n) is 2.21. The first kappa shape index (κ1) is 14.7. The smallest absolute Gasteiger partial charge is 0.257 e. The summed E-state index contributed by atoms with van der Waals surface area (Å²) in [6.07, 6.45) is 0. The molecular weight excluding hydrogens is 377 g/mol. The van der Waals surface area contributed by atoms with Gasteiger partial charge in [-0.15, -0.1) is 0 Å². The number of nitrogens with two attached hydrogens (primary N) is 1. The summed E-state index contributed by atoms with van der Waals surface area (Å²) in [5.41, 5.74) is 6.20. The molecule has 0 fully saturated rings. The highest BCUT2D eigenvalue weighted by molar-refractivity contribution is 14.1.